The lowest BCUT2D eigenvalue weighted by molar-refractivity contribution is 0.0760. The summed E-state index contributed by atoms with van der Waals surface area (Å²) in [6.45, 7) is 4.52. The summed E-state index contributed by atoms with van der Waals surface area (Å²) in [7, 11) is 0. The molecule has 0 aliphatic carbocycles. The number of para-hydroxylation sites is 1. The van der Waals surface area contributed by atoms with Crippen molar-refractivity contribution in [3.8, 4) is 5.69 Å². The molecule has 0 bridgehead atoms. The number of hydrogen-bond acceptors (Lipinski definition) is 7. The summed E-state index contributed by atoms with van der Waals surface area (Å²) in [6.07, 6.45) is 3.98. The van der Waals surface area contributed by atoms with Gasteiger partial charge in [0.05, 0.1) is 17.6 Å². The summed E-state index contributed by atoms with van der Waals surface area (Å²) in [4.78, 5) is 25.0. The van der Waals surface area contributed by atoms with Gasteiger partial charge in [-0.1, -0.05) is 23.3 Å². The van der Waals surface area contributed by atoms with Crippen molar-refractivity contribution in [3.63, 3.8) is 0 Å². The maximum atomic E-state index is 12.7. The second kappa shape index (κ2) is 7.48. The maximum absolute atomic E-state index is 12.7. The predicted molar refractivity (Wildman–Crippen MR) is 98.7 cm³/mol. The van der Waals surface area contributed by atoms with E-state index in [0.717, 1.165) is 24.3 Å². The molecular weight excluding hydrogens is 344 g/mol. The molecule has 4 rings (SSSR count). The molecule has 2 aromatic heterocycles. The van der Waals surface area contributed by atoms with E-state index < -0.39 is 0 Å². The van der Waals surface area contributed by atoms with E-state index in [1.165, 1.54) is 6.20 Å². The van der Waals surface area contributed by atoms with Gasteiger partial charge in [0.1, 0.15) is 5.69 Å². The van der Waals surface area contributed by atoms with Crippen LogP contribution >= 0.6 is 0 Å². The van der Waals surface area contributed by atoms with Crippen molar-refractivity contribution >= 4 is 11.9 Å². The van der Waals surface area contributed by atoms with Crippen molar-refractivity contribution < 1.29 is 4.79 Å². The van der Waals surface area contributed by atoms with Crippen LogP contribution in [0.1, 0.15) is 22.6 Å². The van der Waals surface area contributed by atoms with Crippen LogP contribution in [0.3, 0.4) is 0 Å². The average molecular weight is 364 g/mol. The molecule has 3 heterocycles. The van der Waals surface area contributed by atoms with Gasteiger partial charge in [0.2, 0.25) is 5.95 Å². The van der Waals surface area contributed by atoms with Crippen molar-refractivity contribution in [1.82, 2.24) is 35.1 Å². The molecule has 1 aliphatic heterocycles. The number of rotatable bonds is 3. The van der Waals surface area contributed by atoms with Gasteiger partial charge in [0.25, 0.3) is 5.91 Å². The topological polar surface area (TPSA) is 92.9 Å². The van der Waals surface area contributed by atoms with Crippen molar-refractivity contribution in [2.75, 3.05) is 31.1 Å². The third kappa shape index (κ3) is 3.62. The maximum Gasteiger partial charge on any atom is 0.274 e. The summed E-state index contributed by atoms with van der Waals surface area (Å²) < 4.78 is 1.73. The Bertz CT molecular complexity index is 909. The molecule has 9 nitrogen and oxygen atoms in total. The monoisotopic (exact) mass is 364 g/mol. The van der Waals surface area contributed by atoms with Gasteiger partial charge in [0.15, 0.2) is 0 Å². The van der Waals surface area contributed by atoms with Crippen LogP contribution in [0.15, 0.2) is 42.7 Å². The summed E-state index contributed by atoms with van der Waals surface area (Å²) in [5.74, 6) is 0.595. The average Bonchev–Trinajstić information content (AvgIpc) is 3.07. The van der Waals surface area contributed by atoms with Crippen LogP contribution in [0, 0.1) is 6.92 Å². The van der Waals surface area contributed by atoms with Crippen LogP contribution in [-0.2, 0) is 0 Å². The highest BCUT2D eigenvalue weighted by Gasteiger charge is 2.24. The number of tetrazole rings is 1. The molecule has 0 radical (unpaired) electrons. The normalized spacial score (nSPS) is 14.9. The van der Waals surface area contributed by atoms with Crippen LogP contribution in [0.4, 0.5) is 5.95 Å². The third-order valence-corrected chi connectivity index (χ3v) is 4.52. The van der Waals surface area contributed by atoms with E-state index in [9.17, 15) is 4.79 Å². The van der Waals surface area contributed by atoms with Gasteiger partial charge < -0.3 is 9.80 Å². The van der Waals surface area contributed by atoms with Gasteiger partial charge >= 0.3 is 0 Å². The van der Waals surface area contributed by atoms with Gasteiger partial charge in [-0.15, -0.1) is 0 Å². The number of hydrogen-bond donors (Lipinski definition) is 0. The standard InChI is InChI=1S/C18H20N8O/c1-14-12-20-16(13-19-14)17(27)24-8-5-9-25(11-10-24)18-21-22-23-26(18)15-6-3-2-4-7-15/h2-4,6-7,12-13H,5,8-11H2,1H3. The minimum Gasteiger partial charge on any atom is -0.338 e. The predicted octanol–water partition coefficient (Wildman–Crippen LogP) is 1.11. The van der Waals surface area contributed by atoms with E-state index in [4.69, 9.17) is 0 Å². The molecule has 27 heavy (non-hydrogen) atoms. The fourth-order valence-electron chi connectivity index (χ4n) is 3.10. The Hall–Kier alpha value is -3.36. The van der Waals surface area contributed by atoms with Gasteiger partial charge in [-0.3, -0.25) is 9.78 Å². The third-order valence-electron chi connectivity index (χ3n) is 4.52. The summed E-state index contributed by atoms with van der Waals surface area (Å²) >= 11 is 0. The Morgan fingerprint density at radius 2 is 1.85 bits per heavy atom. The fourth-order valence-corrected chi connectivity index (χ4v) is 3.10. The lowest BCUT2D eigenvalue weighted by Crippen LogP contribution is -2.36. The number of amides is 1. The molecule has 138 valence electrons. The van der Waals surface area contributed by atoms with Crippen LogP contribution in [0.25, 0.3) is 5.69 Å². The van der Waals surface area contributed by atoms with Crippen molar-refractivity contribution in [3.05, 3.63) is 54.1 Å². The van der Waals surface area contributed by atoms with E-state index in [-0.39, 0.29) is 5.91 Å². The first-order valence-corrected chi connectivity index (χ1v) is 8.89. The molecule has 3 aromatic rings. The molecule has 1 saturated heterocycles. The van der Waals surface area contributed by atoms with Gasteiger partial charge in [-0.05, 0) is 35.9 Å². The number of benzene rings is 1. The van der Waals surface area contributed by atoms with Gasteiger partial charge in [-0.2, -0.15) is 4.68 Å². The molecule has 0 saturated carbocycles. The summed E-state index contributed by atoms with van der Waals surface area (Å²) in [6, 6.07) is 9.78. The molecule has 0 unspecified atom stereocenters. The van der Waals surface area contributed by atoms with E-state index >= 15 is 0 Å². The van der Waals surface area contributed by atoms with E-state index in [2.05, 4.69) is 30.4 Å². The number of anilines is 1. The number of aryl methyl sites for hydroxylation is 1. The van der Waals surface area contributed by atoms with E-state index in [0.29, 0.717) is 31.3 Å². The highest BCUT2D eigenvalue weighted by Crippen LogP contribution is 2.17. The molecule has 1 fully saturated rings. The Balaban J connectivity index is 1.49. The zero-order valence-corrected chi connectivity index (χ0v) is 15.1. The Morgan fingerprint density at radius 1 is 1.00 bits per heavy atom. The second-order valence-corrected chi connectivity index (χ2v) is 6.40. The first-order chi connectivity index (χ1) is 13.2. The molecular formula is C18H20N8O. The highest BCUT2D eigenvalue weighted by molar-refractivity contribution is 5.92. The molecule has 0 atom stereocenters. The Morgan fingerprint density at radius 3 is 2.63 bits per heavy atom. The smallest absolute Gasteiger partial charge is 0.274 e. The van der Waals surface area contributed by atoms with E-state index in [1.54, 1.807) is 10.9 Å². The number of carbonyl (C=O) groups excluding carboxylic acids is 1. The number of nitrogens with zero attached hydrogens (tertiary/aromatic N) is 8. The zero-order valence-electron chi connectivity index (χ0n) is 15.1. The van der Waals surface area contributed by atoms with Crippen molar-refractivity contribution in [2.45, 2.75) is 13.3 Å². The highest BCUT2D eigenvalue weighted by atomic mass is 16.2. The fraction of sp³-hybridized carbons (Fsp3) is 0.333. The Kier molecular flexibility index (Phi) is 4.73. The van der Waals surface area contributed by atoms with E-state index in [1.807, 2.05) is 42.2 Å². The molecule has 1 amide bonds. The first kappa shape index (κ1) is 17.1. The number of aromatic nitrogens is 6. The summed E-state index contributed by atoms with van der Waals surface area (Å²) in [5, 5.41) is 12.2. The van der Waals surface area contributed by atoms with Gasteiger partial charge in [-0.25, -0.2) is 4.98 Å². The minimum atomic E-state index is -0.0907. The lowest BCUT2D eigenvalue weighted by Gasteiger charge is -2.22. The molecule has 9 heteroatoms. The quantitative estimate of drug-likeness (QED) is 0.687. The Labute approximate surface area is 156 Å². The summed E-state index contributed by atoms with van der Waals surface area (Å²) in [5.41, 5.74) is 2.08. The molecule has 0 spiro atoms. The van der Waals surface area contributed by atoms with Crippen molar-refractivity contribution in [1.29, 1.82) is 0 Å². The zero-order chi connectivity index (χ0) is 18.6. The molecule has 1 aliphatic rings. The van der Waals surface area contributed by atoms with Crippen LogP contribution in [0.5, 0.6) is 0 Å². The first-order valence-electron chi connectivity index (χ1n) is 8.89. The van der Waals surface area contributed by atoms with Crippen molar-refractivity contribution in [2.24, 2.45) is 0 Å². The second-order valence-electron chi connectivity index (χ2n) is 6.40. The van der Waals surface area contributed by atoms with Crippen LogP contribution < -0.4 is 4.90 Å². The molecule has 1 aromatic carbocycles. The SMILES string of the molecule is Cc1cnc(C(=O)N2CCCN(c3nnnn3-c3ccccc3)CC2)cn1. The largest absolute Gasteiger partial charge is 0.338 e. The lowest BCUT2D eigenvalue weighted by atomic mass is 10.3. The molecule has 0 N–H and O–H groups in total. The van der Waals surface area contributed by atoms with Crippen LogP contribution in [0.2, 0.25) is 0 Å². The van der Waals surface area contributed by atoms with Crippen LogP contribution in [-0.4, -0.2) is 67.2 Å². The number of carbonyl (C=O) groups is 1. The van der Waals surface area contributed by atoms with Gasteiger partial charge in [0, 0.05) is 32.4 Å². The minimum absolute atomic E-state index is 0.0907.